The van der Waals surface area contributed by atoms with E-state index in [9.17, 15) is 9.50 Å². The summed E-state index contributed by atoms with van der Waals surface area (Å²) >= 11 is 0. The highest BCUT2D eigenvalue weighted by atomic mass is 19.1. The van der Waals surface area contributed by atoms with Crippen LogP contribution in [0.3, 0.4) is 0 Å². The molecule has 1 aliphatic rings. The van der Waals surface area contributed by atoms with E-state index < -0.39 is 6.10 Å². The van der Waals surface area contributed by atoms with Gasteiger partial charge in [0.15, 0.2) is 0 Å². The van der Waals surface area contributed by atoms with Crippen molar-refractivity contribution in [2.24, 2.45) is 0 Å². The van der Waals surface area contributed by atoms with Crippen molar-refractivity contribution in [3.8, 4) is 0 Å². The molecule has 1 heterocycles. The van der Waals surface area contributed by atoms with Gasteiger partial charge in [0.25, 0.3) is 0 Å². The smallest absolute Gasteiger partial charge is 0.123 e. The molecule has 2 rings (SSSR count). The monoisotopic (exact) mass is 280 g/mol. The van der Waals surface area contributed by atoms with Gasteiger partial charge in [0.1, 0.15) is 5.82 Å². The maximum Gasteiger partial charge on any atom is 0.123 e. The first-order valence-corrected chi connectivity index (χ1v) is 7.57. The number of aliphatic hydroxyl groups excluding tert-OH is 1. The number of aliphatic hydroxyl groups is 1. The molecular weight excluding hydrogens is 255 g/mol. The van der Waals surface area contributed by atoms with E-state index in [-0.39, 0.29) is 5.82 Å². The van der Waals surface area contributed by atoms with E-state index in [0.717, 1.165) is 44.7 Å². The summed E-state index contributed by atoms with van der Waals surface area (Å²) < 4.78 is 12.9. The zero-order valence-corrected chi connectivity index (χ0v) is 12.3. The predicted octanol–water partition coefficient (Wildman–Crippen LogP) is 2.28. The van der Waals surface area contributed by atoms with Crippen LogP contribution >= 0.6 is 0 Å². The first-order chi connectivity index (χ1) is 9.69. The van der Waals surface area contributed by atoms with Crippen LogP contribution in [0.5, 0.6) is 0 Å². The Morgan fingerprint density at radius 1 is 1.10 bits per heavy atom. The number of rotatable bonds is 5. The number of benzene rings is 1. The van der Waals surface area contributed by atoms with Crippen LogP contribution in [0.4, 0.5) is 4.39 Å². The Morgan fingerprint density at radius 2 is 1.75 bits per heavy atom. The minimum Gasteiger partial charge on any atom is -0.387 e. The Bertz CT molecular complexity index is 396. The predicted molar refractivity (Wildman–Crippen MR) is 79.1 cm³/mol. The molecule has 0 bridgehead atoms. The van der Waals surface area contributed by atoms with Crippen molar-refractivity contribution in [3.63, 3.8) is 0 Å². The van der Waals surface area contributed by atoms with Crippen LogP contribution in [0.15, 0.2) is 24.3 Å². The van der Waals surface area contributed by atoms with Gasteiger partial charge in [-0.15, -0.1) is 0 Å². The molecule has 1 aromatic carbocycles. The van der Waals surface area contributed by atoms with E-state index in [4.69, 9.17) is 0 Å². The van der Waals surface area contributed by atoms with E-state index >= 15 is 0 Å². The Hall–Kier alpha value is -0.970. The van der Waals surface area contributed by atoms with E-state index in [2.05, 4.69) is 16.7 Å². The van der Waals surface area contributed by atoms with E-state index in [1.54, 1.807) is 12.1 Å². The van der Waals surface area contributed by atoms with Crippen molar-refractivity contribution in [2.45, 2.75) is 25.9 Å². The summed E-state index contributed by atoms with van der Waals surface area (Å²) in [7, 11) is 0. The van der Waals surface area contributed by atoms with E-state index in [1.807, 2.05) is 0 Å². The van der Waals surface area contributed by atoms with Crippen molar-refractivity contribution in [3.05, 3.63) is 35.6 Å². The van der Waals surface area contributed by atoms with Crippen molar-refractivity contribution < 1.29 is 9.50 Å². The van der Waals surface area contributed by atoms with Crippen molar-refractivity contribution in [1.29, 1.82) is 0 Å². The van der Waals surface area contributed by atoms with E-state index in [0.29, 0.717) is 6.54 Å². The molecule has 20 heavy (non-hydrogen) atoms. The van der Waals surface area contributed by atoms with Gasteiger partial charge in [0.05, 0.1) is 6.10 Å². The van der Waals surface area contributed by atoms with Gasteiger partial charge in [0, 0.05) is 19.6 Å². The second-order valence-electron chi connectivity index (χ2n) is 5.56. The summed E-state index contributed by atoms with van der Waals surface area (Å²) in [6.07, 6.45) is 1.81. The fraction of sp³-hybridized carbons (Fsp3) is 0.625. The third-order valence-corrected chi connectivity index (χ3v) is 3.91. The molecule has 4 heteroatoms. The fourth-order valence-corrected chi connectivity index (χ4v) is 2.78. The molecule has 0 saturated carbocycles. The Morgan fingerprint density at radius 3 is 2.45 bits per heavy atom. The maximum atomic E-state index is 12.9. The Balaban J connectivity index is 1.85. The van der Waals surface area contributed by atoms with Crippen LogP contribution in [-0.2, 0) is 0 Å². The Kier molecular flexibility index (Phi) is 5.95. The van der Waals surface area contributed by atoms with Crippen LogP contribution < -0.4 is 0 Å². The number of halogens is 1. The molecule has 1 saturated heterocycles. The zero-order chi connectivity index (χ0) is 14.4. The van der Waals surface area contributed by atoms with Crippen molar-refractivity contribution in [2.75, 3.05) is 39.3 Å². The third kappa shape index (κ3) is 4.54. The highest BCUT2D eigenvalue weighted by Gasteiger charge is 2.17. The van der Waals surface area contributed by atoms with Crippen LogP contribution in [-0.4, -0.2) is 54.2 Å². The molecule has 112 valence electrons. The molecule has 0 aliphatic carbocycles. The van der Waals surface area contributed by atoms with Gasteiger partial charge >= 0.3 is 0 Å². The molecule has 1 atom stereocenters. The van der Waals surface area contributed by atoms with Crippen LogP contribution in [0, 0.1) is 5.82 Å². The van der Waals surface area contributed by atoms with Crippen molar-refractivity contribution in [1.82, 2.24) is 9.80 Å². The van der Waals surface area contributed by atoms with Gasteiger partial charge in [-0.3, -0.25) is 4.90 Å². The molecule has 1 unspecified atom stereocenters. The second kappa shape index (κ2) is 7.72. The first kappa shape index (κ1) is 15.4. The summed E-state index contributed by atoms with van der Waals surface area (Å²) in [5, 5.41) is 10.2. The molecule has 1 fully saturated rings. The summed E-state index contributed by atoms with van der Waals surface area (Å²) in [6.45, 7) is 8.25. The molecule has 1 N–H and O–H groups in total. The molecule has 3 nitrogen and oxygen atoms in total. The lowest BCUT2D eigenvalue weighted by molar-refractivity contribution is 0.114. The van der Waals surface area contributed by atoms with E-state index in [1.165, 1.54) is 18.6 Å². The van der Waals surface area contributed by atoms with Gasteiger partial charge in [-0.05, 0) is 50.2 Å². The van der Waals surface area contributed by atoms with Gasteiger partial charge in [-0.2, -0.15) is 0 Å². The summed E-state index contributed by atoms with van der Waals surface area (Å²) in [5.41, 5.74) is 0.793. The second-order valence-corrected chi connectivity index (χ2v) is 5.56. The highest BCUT2D eigenvalue weighted by molar-refractivity contribution is 5.18. The lowest BCUT2D eigenvalue weighted by Crippen LogP contribution is -2.33. The van der Waals surface area contributed by atoms with Gasteiger partial charge in [-0.1, -0.05) is 19.1 Å². The molecule has 0 amide bonds. The standard InChI is InChI=1S/C16H25FN2O/c1-2-8-18-9-3-10-19(12-11-18)13-16(20)14-4-6-15(17)7-5-14/h4-7,16,20H,2-3,8-13H2,1H3. The number of hydrogen-bond donors (Lipinski definition) is 1. The van der Waals surface area contributed by atoms with Crippen LogP contribution in [0.2, 0.25) is 0 Å². The maximum absolute atomic E-state index is 12.9. The zero-order valence-electron chi connectivity index (χ0n) is 12.3. The average Bonchev–Trinajstić information content (AvgIpc) is 2.66. The Labute approximate surface area is 121 Å². The van der Waals surface area contributed by atoms with Crippen molar-refractivity contribution >= 4 is 0 Å². The largest absolute Gasteiger partial charge is 0.387 e. The summed E-state index contributed by atoms with van der Waals surface area (Å²) in [4.78, 5) is 4.80. The lowest BCUT2D eigenvalue weighted by Gasteiger charge is -2.24. The number of hydrogen-bond acceptors (Lipinski definition) is 3. The van der Waals surface area contributed by atoms with Crippen LogP contribution in [0.25, 0.3) is 0 Å². The summed E-state index contributed by atoms with van der Waals surface area (Å²) in [6, 6.07) is 6.15. The topological polar surface area (TPSA) is 26.7 Å². The van der Waals surface area contributed by atoms with Crippen LogP contribution in [0.1, 0.15) is 31.4 Å². The highest BCUT2D eigenvalue weighted by Crippen LogP contribution is 2.16. The quantitative estimate of drug-likeness (QED) is 0.896. The third-order valence-electron chi connectivity index (χ3n) is 3.91. The van der Waals surface area contributed by atoms with Gasteiger partial charge in [-0.25, -0.2) is 4.39 Å². The van der Waals surface area contributed by atoms with Gasteiger partial charge < -0.3 is 10.0 Å². The number of β-amino-alcohol motifs (C(OH)–C–C–N with tert-alkyl or cyclic N) is 1. The molecule has 0 radical (unpaired) electrons. The fourth-order valence-electron chi connectivity index (χ4n) is 2.78. The summed E-state index contributed by atoms with van der Waals surface area (Å²) in [5.74, 6) is -0.258. The molecule has 0 spiro atoms. The minimum atomic E-state index is -0.534. The normalized spacial score (nSPS) is 19.8. The molecule has 1 aliphatic heterocycles. The number of nitrogens with zero attached hydrogens (tertiary/aromatic N) is 2. The lowest BCUT2D eigenvalue weighted by atomic mass is 10.1. The first-order valence-electron chi connectivity index (χ1n) is 7.57. The molecule has 0 aromatic heterocycles. The molecule has 1 aromatic rings. The minimum absolute atomic E-state index is 0.258. The average molecular weight is 280 g/mol. The SMILES string of the molecule is CCCN1CCCN(CC(O)c2ccc(F)cc2)CC1. The van der Waals surface area contributed by atoms with Gasteiger partial charge in [0.2, 0.25) is 0 Å². The molecular formula is C16H25FN2O.